The molecule has 0 saturated carbocycles. The fourth-order valence-corrected chi connectivity index (χ4v) is 2.93. The number of halogens is 1. The van der Waals surface area contributed by atoms with Crippen LogP contribution < -0.4 is 4.74 Å². The number of thiol groups is 1. The first-order valence-electron chi connectivity index (χ1n) is 7.15. The summed E-state index contributed by atoms with van der Waals surface area (Å²) >= 11 is 4.42. The smallest absolute Gasteiger partial charge is 0.313 e. The molecule has 0 radical (unpaired) electrons. The van der Waals surface area contributed by atoms with E-state index in [0.29, 0.717) is 12.4 Å². The van der Waals surface area contributed by atoms with Gasteiger partial charge in [0.1, 0.15) is 5.82 Å². The first-order valence-corrected chi connectivity index (χ1v) is 7.79. The Morgan fingerprint density at radius 3 is 2.43 bits per heavy atom. The van der Waals surface area contributed by atoms with Gasteiger partial charge in [0.25, 0.3) is 0 Å². The van der Waals surface area contributed by atoms with Crippen molar-refractivity contribution in [2.75, 3.05) is 12.4 Å². The Labute approximate surface area is 130 Å². The van der Waals surface area contributed by atoms with Crippen LogP contribution in [0.25, 0.3) is 0 Å². The fraction of sp³-hybridized carbons (Fsp3) is 0.600. The van der Waals surface area contributed by atoms with Crippen LogP contribution in [-0.4, -0.2) is 17.3 Å². The topological polar surface area (TPSA) is 52.4 Å². The van der Waals surface area contributed by atoms with Gasteiger partial charge in [-0.05, 0) is 30.7 Å². The summed E-state index contributed by atoms with van der Waals surface area (Å²) in [6, 6.07) is 3.37. The molecule has 0 N–H and O–H groups in total. The number of hydrogen-bond acceptors (Lipinski definition) is 4. The lowest BCUT2D eigenvalue weighted by molar-refractivity contribution is -0.386. The Kier molecular flexibility index (Phi) is 6.95. The molecule has 0 saturated heterocycles. The Morgan fingerprint density at radius 2 is 1.95 bits per heavy atom. The standard InChI is InChI=1S/C15H22FNO3S/c1-3-7-15(11-21,8-4-2)10-20-14-6-5-12(16)9-13(14)17(18)19/h5-6,9,21H,3-4,7-8,10-11H2,1-2H3. The maximum Gasteiger partial charge on any atom is 0.313 e. The van der Waals surface area contributed by atoms with Gasteiger partial charge in [-0.2, -0.15) is 12.6 Å². The predicted octanol–water partition coefficient (Wildman–Crippen LogP) is 4.63. The van der Waals surface area contributed by atoms with Crippen molar-refractivity contribution in [3.8, 4) is 5.75 Å². The molecule has 0 unspecified atom stereocenters. The quantitative estimate of drug-likeness (QED) is 0.411. The van der Waals surface area contributed by atoms with Crippen LogP contribution in [0.3, 0.4) is 0 Å². The number of nitro groups is 1. The minimum atomic E-state index is -0.642. The van der Waals surface area contributed by atoms with E-state index in [0.717, 1.165) is 31.7 Å². The largest absolute Gasteiger partial charge is 0.486 e. The van der Waals surface area contributed by atoms with Crippen LogP contribution in [0.5, 0.6) is 5.75 Å². The lowest BCUT2D eigenvalue weighted by Crippen LogP contribution is -2.30. The Bertz CT molecular complexity index is 476. The highest BCUT2D eigenvalue weighted by Crippen LogP contribution is 2.34. The highest BCUT2D eigenvalue weighted by molar-refractivity contribution is 7.80. The monoisotopic (exact) mass is 315 g/mol. The molecule has 0 bridgehead atoms. The average Bonchev–Trinajstić information content (AvgIpc) is 2.46. The molecular weight excluding hydrogens is 293 g/mol. The normalized spacial score (nSPS) is 11.4. The number of rotatable bonds is 9. The van der Waals surface area contributed by atoms with Crippen LogP contribution in [0, 0.1) is 21.3 Å². The van der Waals surface area contributed by atoms with Crippen molar-refractivity contribution >= 4 is 18.3 Å². The third-order valence-corrected chi connectivity index (χ3v) is 4.22. The molecular formula is C15H22FNO3S. The van der Waals surface area contributed by atoms with Gasteiger partial charge < -0.3 is 4.74 Å². The van der Waals surface area contributed by atoms with Crippen LogP contribution >= 0.6 is 12.6 Å². The molecule has 118 valence electrons. The summed E-state index contributed by atoms with van der Waals surface area (Å²) in [5.74, 6) is 0.125. The van der Waals surface area contributed by atoms with E-state index in [1.165, 1.54) is 12.1 Å². The van der Waals surface area contributed by atoms with Crippen LogP contribution in [0.1, 0.15) is 39.5 Å². The minimum Gasteiger partial charge on any atom is -0.486 e. The summed E-state index contributed by atoms with van der Waals surface area (Å²) in [6.45, 7) is 4.53. The predicted molar refractivity (Wildman–Crippen MR) is 84.7 cm³/mol. The highest BCUT2D eigenvalue weighted by Gasteiger charge is 2.29. The van der Waals surface area contributed by atoms with E-state index in [-0.39, 0.29) is 16.9 Å². The summed E-state index contributed by atoms with van der Waals surface area (Å²) in [6.07, 6.45) is 3.88. The Balaban J connectivity index is 2.92. The lowest BCUT2D eigenvalue weighted by Gasteiger charge is -2.31. The van der Waals surface area contributed by atoms with Crippen molar-refractivity contribution in [2.24, 2.45) is 5.41 Å². The second-order valence-corrected chi connectivity index (χ2v) is 5.63. The second kappa shape index (κ2) is 8.22. The van der Waals surface area contributed by atoms with E-state index in [4.69, 9.17) is 4.74 Å². The van der Waals surface area contributed by atoms with Gasteiger partial charge in [-0.3, -0.25) is 10.1 Å². The molecule has 1 rings (SSSR count). The zero-order valence-electron chi connectivity index (χ0n) is 12.5. The van der Waals surface area contributed by atoms with Gasteiger partial charge in [0.15, 0.2) is 5.75 Å². The van der Waals surface area contributed by atoms with Gasteiger partial charge in [0.2, 0.25) is 0 Å². The summed E-state index contributed by atoms with van der Waals surface area (Å²) in [4.78, 5) is 10.3. The molecule has 0 aliphatic rings. The van der Waals surface area contributed by atoms with Gasteiger partial charge in [-0.15, -0.1) is 0 Å². The van der Waals surface area contributed by atoms with Gasteiger partial charge in [-0.1, -0.05) is 26.7 Å². The van der Waals surface area contributed by atoms with Crippen LogP contribution in [0.2, 0.25) is 0 Å². The molecule has 0 aliphatic heterocycles. The van der Waals surface area contributed by atoms with Crippen molar-refractivity contribution in [2.45, 2.75) is 39.5 Å². The van der Waals surface area contributed by atoms with Gasteiger partial charge in [-0.25, -0.2) is 4.39 Å². The molecule has 4 nitrogen and oxygen atoms in total. The summed E-state index contributed by atoms with van der Waals surface area (Å²) in [5.41, 5.74) is -0.439. The van der Waals surface area contributed by atoms with Gasteiger partial charge in [0.05, 0.1) is 17.6 Å². The third-order valence-electron chi connectivity index (χ3n) is 3.55. The zero-order chi connectivity index (χ0) is 15.9. The number of hydrogen-bond donors (Lipinski definition) is 1. The summed E-state index contributed by atoms with van der Waals surface area (Å²) in [5, 5.41) is 11.0. The minimum absolute atomic E-state index is 0.102. The summed E-state index contributed by atoms with van der Waals surface area (Å²) in [7, 11) is 0. The zero-order valence-corrected chi connectivity index (χ0v) is 13.4. The van der Waals surface area contributed by atoms with Crippen molar-refractivity contribution in [1.29, 1.82) is 0 Å². The van der Waals surface area contributed by atoms with E-state index in [2.05, 4.69) is 26.5 Å². The van der Waals surface area contributed by atoms with Crippen LogP contribution in [0.4, 0.5) is 10.1 Å². The van der Waals surface area contributed by atoms with Gasteiger partial charge in [0, 0.05) is 5.41 Å². The van der Waals surface area contributed by atoms with E-state index < -0.39 is 10.7 Å². The summed E-state index contributed by atoms with van der Waals surface area (Å²) < 4.78 is 18.8. The molecule has 1 aromatic rings. The van der Waals surface area contributed by atoms with Crippen molar-refractivity contribution in [3.63, 3.8) is 0 Å². The maximum absolute atomic E-state index is 13.1. The first-order chi connectivity index (χ1) is 9.98. The molecule has 0 aromatic heterocycles. The first kappa shape index (κ1) is 17.8. The fourth-order valence-electron chi connectivity index (χ4n) is 2.52. The van der Waals surface area contributed by atoms with Crippen molar-refractivity contribution in [1.82, 2.24) is 0 Å². The average molecular weight is 315 g/mol. The van der Waals surface area contributed by atoms with E-state index in [9.17, 15) is 14.5 Å². The van der Waals surface area contributed by atoms with Crippen LogP contribution in [-0.2, 0) is 0 Å². The van der Waals surface area contributed by atoms with Crippen molar-refractivity contribution < 1.29 is 14.1 Å². The lowest BCUT2D eigenvalue weighted by atomic mass is 9.82. The van der Waals surface area contributed by atoms with Crippen LogP contribution in [0.15, 0.2) is 18.2 Å². The molecule has 0 heterocycles. The molecule has 6 heteroatoms. The number of nitro benzene ring substituents is 1. The number of ether oxygens (including phenoxy) is 1. The van der Waals surface area contributed by atoms with E-state index in [1.807, 2.05) is 0 Å². The van der Waals surface area contributed by atoms with Crippen molar-refractivity contribution in [3.05, 3.63) is 34.1 Å². The molecule has 0 atom stereocenters. The van der Waals surface area contributed by atoms with E-state index >= 15 is 0 Å². The second-order valence-electron chi connectivity index (χ2n) is 5.32. The molecule has 0 fully saturated rings. The molecule has 1 aromatic carbocycles. The molecule has 0 aliphatic carbocycles. The molecule has 0 amide bonds. The highest BCUT2D eigenvalue weighted by atomic mass is 32.1. The number of nitrogens with zero attached hydrogens (tertiary/aromatic N) is 1. The SMILES string of the molecule is CCCC(CS)(CCC)COc1ccc(F)cc1[N+](=O)[O-]. The van der Waals surface area contributed by atoms with Gasteiger partial charge >= 0.3 is 5.69 Å². The molecule has 0 spiro atoms. The Morgan fingerprint density at radius 1 is 1.33 bits per heavy atom. The Hall–Kier alpha value is -1.30. The third kappa shape index (κ3) is 4.88. The number of benzene rings is 1. The van der Waals surface area contributed by atoms with E-state index in [1.54, 1.807) is 0 Å². The molecule has 21 heavy (non-hydrogen) atoms. The maximum atomic E-state index is 13.1.